The van der Waals surface area contributed by atoms with Crippen molar-refractivity contribution in [1.29, 1.82) is 0 Å². The monoisotopic (exact) mass is 162 g/mol. The maximum Gasteiger partial charge on any atom is 0.114 e. The third-order valence-corrected chi connectivity index (χ3v) is 1.85. The Morgan fingerprint density at radius 1 is 1.33 bits per heavy atom. The number of nitrogens with one attached hydrogen (secondary N) is 1. The fourth-order valence-electron chi connectivity index (χ4n) is 1.24. The zero-order chi connectivity index (χ0) is 8.72. The van der Waals surface area contributed by atoms with E-state index in [2.05, 4.69) is 9.97 Å². The van der Waals surface area contributed by atoms with Gasteiger partial charge in [0.15, 0.2) is 0 Å². The highest BCUT2D eigenvalue weighted by Crippen LogP contribution is 2.24. The third kappa shape index (κ3) is 0.812. The van der Waals surface area contributed by atoms with Gasteiger partial charge in [-0.2, -0.15) is 0 Å². The Morgan fingerprint density at radius 2 is 2.08 bits per heavy atom. The highest BCUT2D eigenvalue weighted by molar-refractivity contribution is 5.93. The van der Waals surface area contributed by atoms with Crippen molar-refractivity contribution in [2.45, 2.75) is 6.92 Å². The second-order valence-corrected chi connectivity index (χ2v) is 2.79. The summed E-state index contributed by atoms with van der Waals surface area (Å²) in [6.45, 7) is 1.88. The largest absolute Gasteiger partial charge is 0.397 e. The van der Waals surface area contributed by atoms with Crippen LogP contribution in [-0.4, -0.2) is 9.97 Å². The molecule has 0 amide bonds. The molecule has 0 unspecified atom stereocenters. The van der Waals surface area contributed by atoms with Crippen molar-refractivity contribution < 1.29 is 0 Å². The number of nitrogens with two attached hydrogens (primary N) is 2. The number of aromatic amines is 1. The SMILES string of the molecule is Cc1nc2c(N)c(N)ccc2[nH]1. The van der Waals surface area contributed by atoms with E-state index in [9.17, 15) is 0 Å². The summed E-state index contributed by atoms with van der Waals surface area (Å²) in [6.07, 6.45) is 0. The summed E-state index contributed by atoms with van der Waals surface area (Å²) in [5.74, 6) is 0.849. The van der Waals surface area contributed by atoms with Crippen LogP contribution in [0.2, 0.25) is 0 Å². The molecule has 0 radical (unpaired) electrons. The number of aryl methyl sites for hydroxylation is 1. The van der Waals surface area contributed by atoms with Crippen molar-refractivity contribution in [1.82, 2.24) is 9.97 Å². The first-order chi connectivity index (χ1) is 5.68. The minimum atomic E-state index is 0.553. The van der Waals surface area contributed by atoms with Gasteiger partial charge >= 0.3 is 0 Å². The molecule has 1 heterocycles. The molecule has 12 heavy (non-hydrogen) atoms. The lowest BCUT2D eigenvalue weighted by molar-refractivity contribution is 1.17. The number of fused-ring (bicyclic) bond motifs is 1. The summed E-state index contributed by atoms with van der Waals surface area (Å²) in [5.41, 5.74) is 14.2. The minimum absolute atomic E-state index is 0.553. The van der Waals surface area contributed by atoms with Crippen LogP contribution >= 0.6 is 0 Å². The Bertz CT molecular complexity index is 430. The number of benzene rings is 1. The lowest BCUT2D eigenvalue weighted by Gasteiger charge is -1.98. The van der Waals surface area contributed by atoms with Crippen LogP contribution in [0.15, 0.2) is 12.1 Å². The molecule has 1 aromatic carbocycles. The van der Waals surface area contributed by atoms with Gasteiger partial charge in [0.1, 0.15) is 11.3 Å². The van der Waals surface area contributed by atoms with Crippen molar-refractivity contribution in [3.8, 4) is 0 Å². The predicted octanol–water partition coefficient (Wildman–Crippen LogP) is 1.04. The Balaban J connectivity index is 2.89. The van der Waals surface area contributed by atoms with Crippen LogP contribution in [-0.2, 0) is 0 Å². The molecule has 4 nitrogen and oxygen atoms in total. The number of anilines is 2. The first-order valence-electron chi connectivity index (χ1n) is 3.69. The van der Waals surface area contributed by atoms with E-state index in [-0.39, 0.29) is 0 Å². The third-order valence-electron chi connectivity index (χ3n) is 1.85. The molecule has 5 N–H and O–H groups in total. The number of aromatic nitrogens is 2. The van der Waals surface area contributed by atoms with Gasteiger partial charge in [0.25, 0.3) is 0 Å². The zero-order valence-corrected chi connectivity index (χ0v) is 6.76. The smallest absolute Gasteiger partial charge is 0.114 e. The molecule has 0 aliphatic heterocycles. The van der Waals surface area contributed by atoms with Crippen LogP contribution in [0.1, 0.15) is 5.82 Å². The van der Waals surface area contributed by atoms with E-state index in [0.29, 0.717) is 11.4 Å². The molecule has 0 spiro atoms. The molecule has 0 aliphatic carbocycles. The summed E-state index contributed by atoms with van der Waals surface area (Å²) >= 11 is 0. The van der Waals surface area contributed by atoms with Crippen LogP contribution in [0.5, 0.6) is 0 Å². The summed E-state index contributed by atoms with van der Waals surface area (Å²) in [6, 6.07) is 3.65. The van der Waals surface area contributed by atoms with Crippen LogP contribution < -0.4 is 11.5 Å². The first kappa shape index (κ1) is 6.97. The van der Waals surface area contributed by atoms with E-state index in [1.54, 1.807) is 6.07 Å². The molecule has 4 heteroatoms. The van der Waals surface area contributed by atoms with Crippen molar-refractivity contribution in [3.05, 3.63) is 18.0 Å². The molecule has 62 valence electrons. The van der Waals surface area contributed by atoms with Gasteiger partial charge in [-0.1, -0.05) is 0 Å². The maximum atomic E-state index is 5.72. The first-order valence-corrected chi connectivity index (χ1v) is 3.69. The Hall–Kier alpha value is -1.71. The van der Waals surface area contributed by atoms with Gasteiger partial charge in [0, 0.05) is 0 Å². The maximum absolute atomic E-state index is 5.72. The summed E-state index contributed by atoms with van der Waals surface area (Å²) in [4.78, 5) is 7.29. The topological polar surface area (TPSA) is 80.7 Å². The number of H-pyrrole nitrogens is 1. The van der Waals surface area contributed by atoms with Crippen LogP contribution in [0, 0.1) is 6.92 Å². The molecule has 0 fully saturated rings. The molecule has 0 saturated heterocycles. The molecule has 0 saturated carbocycles. The van der Waals surface area contributed by atoms with E-state index in [4.69, 9.17) is 11.5 Å². The van der Waals surface area contributed by atoms with E-state index >= 15 is 0 Å². The molecule has 0 bridgehead atoms. The Morgan fingerprint density at radius 3 is 2.83 bits per heavy atom. The van der Waals surface area contributed by atoms with Gasteiger partial charge in [-0.05, 0) is 19.1 Å². The van der Waals surface area contributed by atoms with Gasteiger partial charge in [0.05, 0.1) is 16.9 Å². The van der Waals surface area contributed by atoms with Crippen LogP contribution in [0.25, 0.3) is 11.0 Å². The number of imidazole rings is 1. The average molecular weight is 162 g/mol. The summed E-state index contributed by atoms with van der Waals surface area (Å²) in [5, 5.41) is 0. The number of hydrogen-bond donors (Lipinski definition) is 3. The molecular weight excluding hydrogens is 152 g/mol. The number of rotatable bonds is 0. The molecule has 2 aromatic rings. The average Bonchev–Trinajstić information content (AvgIpc) is 2.39. The van der Waals surface area contributed by atoms with Crippen molar-refractivity contribution in [2.24, 2.45) is 0 Å². The summed E-state index contributed by atoms with van der Waals surface area (Å²) < 4.78 is 0. The molecule has 1 aromatic heterocycles. The van der Waals surface area contributed by atoms with Crippen molar-refractivity contribution >= 4 is 22.4 Å². The minimum Gasteiger partial charge on any atom is -0.397 e. The molecule has 0 aliphatic rings. The zero-order valence-electron chi connectivity index (χ0n) is 6.76. The highest BCUT2D eigenvalue weighted by atomic mass is 14.9. The quantitative estimate of drug-likeness (QED) is 0.506. The van der Waals surface area contributed by atoms with Gasteiger partial charge < -0.3 is 16.5 Å². The fraction of sp³-hybridized carbons (Fsp3) is 0.125. The highest BCUT2D eigenvalue weighted by Gasteiger charge is 2.04. The number of nitrogens with zero attached hydrogens (tertiary/aromatic N) is 1. The van der Waals surface area contributed by atoms with Gasteiger partial charge in [-0.15, -0.1) is 0 Å². The van der Waals surface area contributed by atoms with Crippen LogP contribution in [0.4, 0.5) is 11.4 Å². The van der Waals surface area contributed by atoms with Gasteiger partial charge in [-0.3, -0.25) is 0 Å². The lowest BCUT2D eigenvalue weighted by atomic mass is 10.2. The standard InChI is InChI=1S/C8H10N4/c1-4-11-6-3-2-5(9)7(10)8(6)12-4/h2-3H,9-10H2,1H3,(H,11,12). The molecule has 2 rings (SSSR count). The van der Waals surface area contributed by atoms with Gasteiger partial charge in [0.2, 0.25) is 0 Å². The van der Waals surface area contributed by atoms with E-state index in [1.165, 1.54) is 0 Å². The Labute approximate surface area is 69.6 Å². The Kier molecular flexibility index (Phi) is 1.24. The molecular formula is C8H10N4. The van der Waals surface area contributed by atoms with Crippen molar-refractivity contribution in [2.75, 3.05) is 11.5 Å². The normalized spacial score (nSPS) is 10.8. The second kappa shape index (κ2) is 2.14. The molecule has 0 atom stereocenters. The predicted molar refractivity (Wildman–Crippen MR) is 49.7 cm³/mol. The number of hydrogen-bond acceptors (Lipinski definition) is 3. The number of nitrogen functional groups attached to an aromatic ring is 2. The summed E-state index contributed by atoms with van der Waals surface area (Å²) in [7, 11) is 0. The fourth-order valence-corrected chi connectivity index (χ4v) is 1.24. The van der Waals surface area contributed by atoms with Crippen LogP contribution in [0.3, 0.4) is 0 Å². The van der Waals surface area contributed by atoms with E-state index in [1.807, 2.05) is 13.0 Å². The van der Waals surface area contributed by atoms with E-state index < -0.39 is 0 Å². The lowest BCUT2D eigenvalue weighted by Crippen LogP contribution is -1.94. The van der Waals surface area contributed by atoms with E-state index in [0.717, 1.165) is 16.9 Å². The van der Waals surface area contributed by atoms with Gasteiger partial charge in [-0.25, -0.2) is 4.98 Å². The van der Waals surface area contributed by atoms with Crippen molar-refractivity contribution in [3.63, 3.8) is 0 Å². The second-order valence-electron chi connectivity index (χ2n) is 2.79.